The first-order valence-corrected chi connectivity index (χ1v) is 8.33. The summed E-state index contributed by atoms with van der Waals surface area (Å²) in [6.07, 6.45) is 7.30. The lowest BCUT2D eigenvalue weighted by Gasteiger charge is -2.18. The van der Waals surface area contributed by atoms with Crippen LogP contribution in [0.3, 0.4) is 0 Å². The first-order valence-electron chi connectivity index (χ1n) is 7.51. The molecule has 3 rings (SSSR count). The molecule has 1 aliphatic rings. The van der Waals surface area contributed by atoms with Crippen LogP contribution in [0.25, 0.3) is 6.08 Å². The molecule has 1 atom stereocenters. The van der Waals surface area contributed by atoms with Gasteiger partial charge < -0.3 is 15.5 Å². The van der Waals surface area contributed by atoms with E-state index >= 15 is 0 Å². The molecule has 3 N–H and O–H groups in total. The molecule has 0 unspecified atom stereocenters. The van der Waals surface area contributed by atoms with Crippen molar-refractivity contribution < 1.29 is 14.0 Å². The van der Waals surface area contributed by atoms with Gasteiger partial charge >= 0.3 is 0 Å². The average Bonchev–Trinajstić information content (AvgIpc) is 3.11. The van der Waals surface area contributed by atoms with E-state index in [1.54, 1.807) is 18.2 Å². The molecule has 0 saturated carbocycles. The van der Waals surface area contributed by atoms with Crippen molar-refractivity contribution in [2.24, 2.45) is 11.7 Å². The van der Waals surface area contributed by atoms with E-state index in [2.05, 4.69) is 12.2 Å². The third-order valence-corrected chi connectivity index (χ3v) is 5.11. The fraction of sp³-hybridized carbons (Fsp3) is 0.294. The Labute approximate surface area is 138 Å². The van der Waals surface area contributed by atoms with Gasteiger partial charge in [0.2, 0.25) is 5.91 Å². The molecular weight excluding hydrogens is 312 g/mol. The topological polar surface area (TPSA) is 85.3 Å². The van der Waals surface area contributed by atoms with Crippen molar-refractivity contribution >= 4 is 34.2 Å². The molecule has 0 saturated heterocycles. The number of rotatable bonds is 4. The summed E-state index contributed by atoms with van der Waals surface area (Å²) in [5, 5.41) is 3.32. The summed E-state index contributed by atoms with van der Waals surface area (Å²) >= 11 is 1.46. The van der Waals surface area contributed by atoms with Crippen molar-refractivity contribution in [3.8, 4) is 0 Å². The average molecular weight is 330 g/mol. The van der Waals surface area contributed by atoms with Gasteiger partial charge in [-0.05, 0) is 49.0 Å². The number of nitrogens with two attached hydrogens (primary N) is 1. The molecule has 0 aliphatic heterocycles. The molecular formula is C17H18N2O3S. The van der Waals surface area contributed by atoms with E-state index in [9.17, 15) is 9.59 Å². The van der Waals surface area contributed by atoms with Crippen LogP contribution in [0.1, 0.15) is 39.9 Å². The van der Waals surface area contributed by atoms with E-state index in [0.717, 1.165) is 29.7 Å². The molecule has 1 aliphatic carbocycles. The number of primary amides is 1. The SMILES string of the molecule is C[C@H]1CCc2c(sc(NC(=O)/C=C/c3ccco3)c2C(N)=O)C1. The Balaban J connectivity index is 1.82. The summed E-state index contributed by atoms with van der Waals surface area (Å²) in [4.78, 5) is 25.0. The Morgan fingerprint density at radius 3 is 3.00 bits per heavy atom. The number of furan rings is 1. The maximum Gasteiger partial charge on any atom is 0.251 e. The minimum atomic E-state index is -0.484. The fourth-order valence-electron chi connectivity index (χ4n) is 2.80. The Hall–Kier alpha value is -2.34. The Bertz CT molecular complexity index is 759. The van der Waals surface area contributed by atoms with Crippen molar-refractivity contribution in [3.05, 3.63) is 46.2 Å². The van der Waals surface area contributed by atoms with E-state index in [1.165, 1.54) is 23.7 Å². The predicted octanol–water partition coefficient (Wildman–Crippen LogP) is 3.22. The summed E-state index contributed by atoms with van der Waals surface area (Å²) < 4.78 is 5.14. The number of carbonyl (C=O) groups excluding carboxylic acids is 2. The minimum absolute atomic E-state index is 0.310. The van der Waals surface area contributed by atoms with E-state index < -0.39 is 5.91 Å². The van der Waals surface area contributed by atoms with E-state index in [-0.39, 0.29) is 5.91 Å². The van der Waals surface area contributed by atoms with Gasteiger partial charge in [-0.25, -0.2) is 0 Å². The third-order valence-electron chi connectivity index (χ3n) is 3.94. The summed E-state index contributed by atoms with van der Waals surface area (Å²) in [6, 6.07) is 3.50. The Kier molecular flexibility index (Phi) is 4.34. The Morgan fingerprint density at radius 2 is 2.30 bits per heavy atom. The lowest BCUT2D eigenvalue weighted by atomic mass is 9.88. The van der Waals surface area contributed by atoms with Crippen molar-refractivity contribution in [3.63, 3.8) is 0 Å². The summed E-state index contributed by atoms with van der Waals surface area (Å²) in [7, 11) is 0. The zero-order valence-corrected chi connectivity index (χ0v) is 13.6. The van der Waals surface area contributed by atoms with Crippen LogP contribution in [0.15, 0.2) is 28.9 Å². The summed E-state index contributed by atoms with van der Waals surface area (Å²) in [5.41, 5.74) is 7.00. The summed E-state index contributed by atoms with van der Waals surface area (Å²) in [6.45, 7) is 2.19. The highest BCUT2D eigenvalue weighted by molar-refractivity contribution is 7.17. The van der Waals surface area contributed by atoms with Crippen LogP contribution < -0.4 is 11.1 Å². The monoisotopic (exact) mass is 330 g/mol. The maximum absolute atomic E-state index is 12.1. The van der Waals surface area contributed by atoms with Crippen molar-refractivity contribution in [1.82, 2.24) is 0 Å². The van der Waals surface area contributed by atoms with Gasteiger partial charge in [0.05, 0.1) is 11.8 Å². The van der Waals surface area contributed by atoms with E-state index in [1.807, 2.05) is 0 Å². The predicted molar refractivity (Wildman–Crippen MR) is 90.4 cm³/mol. The second kappa shape index (κ2) is 6.42. The molecule has 0 aromatic carbocycles. The van der Waals surface area contributed by atoms with Gasteiger partial charge in [-0.15, -0.1) is 11.3 Å². The highest BCUT2D eigenvalue weighted by Crippen LogP contribution is 2.39. The molecule has 0 fully saturated rings. The number of carbonyl (C=O) groups is 2. The minimum Gasteiger partial charge on any atom is -0.465 e. The smallest absolute Gasteiger partial charge is 0.251 e. The van der Waals surface area contributed by atoms with Crippen LogP contribution in [0.2, 0.25) is 0 Å². The zero-order chi connectivity index (χ0) is 16.4. The third kappa shape index (κ3) is 3.37. The van der Waals surface area contributed by atoms with Crippen LogP contribution in [0.5, 0.6) is 0 Å². The largest absolute Gasteiger partial charge is 0.465 e. The second-order valence-electron chi connectivity index (χ2n) is 5.76. The number of fused-ring (bicyclic) bond motifs is 1. The van der Waals surface area contributed by atoms with Crippen LogP contribution in [0, 0.1) is 5.92 Å². The number of amides is 2. The van der Waals surface area contributed by atoms with Gasteiger partial charge in [0.1, 0.15) is 10.8 Å². The highest BCUT2D eigenvalue weighted by Gasteiger charge is 2.26. The molecule has 2 aromatic rings. The summed E-state index contributed by atoms with van der Waals surface area (Å²) in [5.74, 6) is 0.386. The van der Waals surface area contributed by atoms with Gasteiger partial charge in [-0.1, -0.05) is 6.92 Å². The maximum atomic E-state index is 12.1. The first kappa shape index (κ1) is 15.6. The zero-order valence-electron chi connectivity index (χ0n) is 12.8. The molecule has 2 heterocycles. The molecule has 23 heavy (non-hydrogen) atoms. The number of hydrogen-bond acceptors (Lipinski definition) is 4. The molecule has 6 heteroatoms. The normalized spacial score (nSPS) is 17.2. The van der Waals surface area contributed by atoms with E-state index in [4.69, 9.17) is 10.2 Å². The lowest BCUT2D eigenvalue weighted by molar-refractivity contribution is -0.111. The van der Waals surface area contributed by atoms with Crippen molar-refractivity contribution in [2.75, 3.05) is 5.32 Å². The second-order valence-corrected chi connectivity index (χ2v) is 6.86. The fourth-order valence-corrected chi connectivity index (χ4v) is 4.22. The molecule has 0 bridgehead atoms. The van der Waals surface area contributed by atoms with Gasteiger partial charge in [-0.2, -0.15) is 0 Å². The number of hydrogen-bond donors (Lipinski definition) is 2. The molecule has 120 valence electrons. The van der Waals surface area contributed by atoms with Crippen LogP contribution in [-0.4, -0.2) is 11.8 Å². The van der Waals surface area contributed by atoms with Crippen LogP contribution in [-0.2, 0) is 17.6 Å². The Morgan fingerprint density at radius 1 is 1.48 bits per heavy atom. The van der Waals surface area contributed by atoms with E-state index in [0.29, 0.717) is 22.2 Å². The van der Waals surface area contributed by atoms with Gasteiger partial charge in [0.25, 0.3) is 5.91 Å². The van der Waals surface area contributed by atoms with Crippen molar-refractivity contribution in [1.29, 1.82) is 0 Å². The van der Waals surface area contributed by atoms with Crippen molar-refractivity contribution in [2.45, 2.75) is 26.2 Å². The highest BCUT2D eigenvalue weighted by atomic mass is 32.1. The number of anilines is 1. The standard InChI is InChI=1S/C17H18N2O3S/c1-10-4-6-12-13(9-10)23-17(15(12)16(18)21)19-14(20)7-5-11-3-2-8-22-11/h2-3,5,7-8,10H,4,6,9H2,1H3,(H2,18,21)(H,19,20)/b7-5+/t10-/m0/s1. The first-order chi connectivity index (χ1) is 11.0. The molecule has 2 amide bonds. The lowest BCUT2D eigenvalue weighted by Crippen LogP contribution is -2.18. The molecule has 2 aromatic heterocycles. The molecule has 0 spiro atoms. The number of thiophene rings is 1. The van der Waals surface area contributed by atoms with Crippen LogP contribution in [0.4, 0.5) is 5.00 Å². The van der Waals surface area contributed by atoms with Gasteiger partial charge in [0.15, 0.2) is 0 Å². The van der Waals surface area contributed by atoms with Crippen LogP contribution >= 0.6 is 11.3 Å². The molecule has 0 radical (unpaired) electrons. The quantitative estimate of drug-likeness (QED) is 0.844. The van der Waals surface area contributed by atoms with Gasteiger partial charge in [0, 0.05) is 11.0 Å². The number of nitrogens with one attached hydrogen (secondary N) is 1. The molecule has 5 nitrogen and oxygen atoms in total. The van der Waals surface area contributed by atoms with Gasteiger partial charge in [-0.3, -0.25) is 9.59 Å².